The molecule has 2 fully saturated rings. The van der Waals surface area contributed by atoms with Crippen LogP contribution in [-0.4, -0.2) is 74.0 Å². The first kappa shape index (κ1) is 22.6. The summed E-state index contributed by atoms with van der Waals surface area (Å²) in [6.07, 6.45) is 1.53. The fourth-order valence-electron chi connectivity index (χ4n) is 4.36. The Labute approximate surface area is 181 Å². The number of hydrogen-bond acceptors (Lipinski definition) is 4. The van der Waals surface area contributed by atoms with Crippen LogP contribution in [0.4, 0.5) is 5.69 Å². The van der Waals surface area contributed by atoms with Crippen LogP contribution >= 0.6 is 0 Å². The van der Waals surface area contributed by atoms with E-state index >= 15 is 0 Å². The van der Waals surface area contributed by atoms with E-state index in [1.807, 2.05) is 25.7 Å². The summed E-state index contributed by atoms with van der Waals surface area (Å²) < 4.78 is 0. The van der Waals surface area contributed by atoms with Gasteiger partial charge in [-0.3, -0.25) is 14.5 Å². The average molecular weight is 415 g/mol. The van der Waals surface area contributed by atoms with Crippen molar-refractivity contribution < 1.29 is 9.59 Å². The molecule has 0 saturated carbocycles. The Hall–Kier alpha value is -2.08. The molecule has 0 aliphatic carbocycles. The van der Waals surface area contributed by atoms with Crippen molar-refractivity contribution in [2.75, 3.05) is 57.3 Å². The summed E-state index contributed by atoms with van der Waals surface area (Å²) in [7, 11) is 0. The molecule has 6 heteroatoms. The molecule has 2 amide bonds. The highest BCUT2D eigenvalue weighted by atomic mass is 16.2. The van der Waals surface area contributed by atoms with Crippen molar-refractivity contribution in [2.45, 2.75) is 40.5 Å². The summed E-state index contributed by atoms with van der Waals surface area (Å²) >= 11 is 0. The Morgan fingerprint density at radius 1 is 1.03 bits per heavy atom. The molecule has 1 aromatic carbocycles. The normalized spacial score (nSPS) is 19.1. The van der Waals surface area contributed by atoms with Crippen LogP contribution in [0.1, 0.15) is 39.2 Å². The number of piperidine rings is 1. The number of carbonyl (C=O) groups excluding carboxylic acids is 2. The zero-order valence-electron chi connectivity index (χ0n) is 19.1. The fraction of sp³-hybridized carbons (Fsp3) is 0.667. The predicted molar refractivity (Wildman–Crippen MR) is 122 cm³/mol. The molecule has 0 aromatic heterocycles. The lowest BCUT2D eigenvalue weighted by atomic mass is 9.90. The van der Waals surface area contributed by atoms with Crippen molar-refractivity contribution >= 4 is 17.5 Å². The van der Waals surface area contributed by atoms with Gasteiger partial charge in [-0.2, -0.15) is 0 Å². The molecule has 0 unspecified atom stereocenters. The lowest BCUT2D eigenvalue weighted by Crippen LogP contribution is -2.49. The monoisotopic (exact) mass is 414 g/mol. The van der Waals surface area contributed by atoms with E-state index < -0.39 is 0 Å². The summed E-state index contributed by atoms with van der Waals surface area (Å²) in [4.78, 5) is 31.7. The third kappa shape index (κ3) is 5.97. The second kappa shape index (κ2) is 9.82. The second-order valence-electron chi connectivity index (χ2n) is 9.78. The average Bonchev–Trinajstić information content (AvgIpc) is 2.73. The molecule has 0 bridgehead atoms. The van der Waals surface area contributed by atoms with Gasteiger partial charge in [0, 0.05) is 69.4 Å². The number of carbonyl (C=O) groups is 2. The number of benzene rings is 1. The first-order valence-corrected chi connectivity index (χ1v) is 11.3. The highest BCUT2D eigenvalue weighted by Gasteiger charge is 2.32. The van der Waals surface area contributed by atoms with Crippen LogP contribution < -0.4 is 10.2 Å². The van der Waals surface area contributed by atoms with Crippen molar-refractivity contribution in [3.63, 3.8) is 0 Å². The van der Waals surface area contributed by atoms with Crippen LogP contribution in [0.5, 0.6) is 0 Å². The predicted octanol–water partition coefficient (Wildman–Crippen LogP) is 2.52. The number of amides is 2. The smallest absolute Gasteiger partial charge is 0.227 e. The van der Waals surface area contributed by atoms with E-state index in [1.165, 1.54) is 11.3 Å². The summed E-state index contributed by atoms with van der Waals surface area (Å²) in [5, 5.41) is 3.13. The highest BCUT2D eigenvalue weighted by Crippen LogP contribution is 2.23. The van der Waals surface area contributed by atoms with Crippen LogP contribution in [0.2, 0.25) is 0 Å². The Balaban J connectivity index is 1.33. The van der Waals surface area contributed by atoms with Gasteiger partial charge in [0.2, 0.25) is 11.8 Å². The van der Waals surface area contributed by atoms with E-state index in [-0.39, 0.29) is 23.1 Å². The third-order valence-corrected chi connectivity index (χ3v) is 6.26. The second-order valence-corrected chi connectivity index (χ2v) is 9.78. The van der Waals surface area contributed by atoms with Gasteiger partial charge in [-0.25, -0.2) is 0 Å². The molecule has 30 heavy (non-hydrogen) atoms. The highest BCUT2D eigenvalue weighted by molar-refractivity contribution is 5.82. The van der Waals surface area contributed by atoms with Crippen LogP contribution in [-0.2, 0) is 9.59 Å². The SMILES string of the molecule is Cc1cccc(N2CCN(CCNC(=O)C3CCN(C(=O)C(C)(C)C)CC3)CC2)c1. The van der Waals surface area contributed by atoms with E-state index in [9.17, 15) is 9.59 Å². The maximum absolute atomic E-state index is 12.5. The van der Waals surface area contributed by atoms with Crippen molar-refractivity contribution in [1.29, 1.82) is 0 Å². The third-order valence-electron chi connectivity index (χ3n) is 6.26. The molecule has 0 atom stereocenters. The molecular formula is C24H38N4O2. The van der Waals surface area contributed by atoms with Crippen molar-refractivity contribution in [3.8, 4) is 0 Å². The zero-order chi connectivity index (χ0) is 21.7. The van der Waals surface area contributed by atoms with Gasteiger partial charge in [0.05, 0.1) is 0 Å². The Kier molecular flexibility index (Phi) is 7.40. The van der Waals surface area contributed by atoms with E-state index in [1.54, 1.807) is 0 Å². The summed E-state index contributed by atoms with van der Waals surface area (Å²) in [5.41, 5.74) is 2.25. The van der Waals surface area contributed by atoms with Crippen LogP contribution in [0, 0.1) is 18.3 Å². The Bertz CT molecular complexity index is 727. The molecule has 3 rings (SSSR count). The summed E-state index contributed by atoms with van der Waals surface area (Å²) in [6.45, 7) is 15.1. The molecule has 2 saturated heterocycles. The summed E-state index contributed by atoms with van der Waals surface area (Å²) in [5.74, 6) is 0.370. The fourth-order valence-corrected chi connectivity index (χ4v) is 4.36. The number of likely N-dealkylation sites (tertiary alicyclic amines) is 1. The lowest BCUT2D eigenvalue weighted by molar-refractivity contribution is -0.142. The van der Waals surface area contributed by atoms with E-state index in [4.69, 9.17) is 0 Å². The van der Waals surface area contributed by atoms with E-state index in [0.717, 1.165) is 45.6 Å². The standard InChI is InChI=1S/C24H38N4O2/c1-19-6-5-7-21(18-19)27-16-14-26(15-17-27)13-10-25-22(29)20-8-11-28(12-9-20)23(30)24(2,3)4/h5-7,18,20H,8-17H2,1-4H3,(H,25,29). The van der Waals surface area contributed by atoms with Gasteiger partial charge < -0.3 is 15.1 Å². The number of nitrogens with one attached hydrogen (secondary N) is 1. The number of rotatable bonds is 5. The van der Waals surface area contributed by atoms with Gasteiger partial charge in [-0.15, -0.1) is 0 Å². The number of aryl methyl sites for hydroxylation is 1. The molecule has 2 heterocycles. The van der Waals surface area contributed by atoms with Crippen molar-refractivity contribution in [3.05, 3.63) is 29.8 Å². The van der Waals surface area contributed by atoms with Gasteiger partial charge in [-0.05, 0) is 37.5 Å². The van der Waals surface area contributed by atoms with Gasteiger partial charge in [0.15, 0.2) is 0 Å². The first-order valence-electron chi connectivity index (χ1n) is 11.3. The van der Waals surface area contributed by atoms with Gasteiger partial charge in [-0.1, -0.05) is 32.9 Å². The molecule has 166 valence electrons. The minimum Gasteiger partial charge on any atom is -0.369 e. The quantitative estimate of drug-likeness (QED) is 0.804. The van der Waals surface area contributed by atoms with Crippen LogP contribution in [0.15, 0.2) is 24.3 Å². The Morgan fingerprint density at radius 3 is 2.30 bits per heavy atom. The summed E-state index contributed by atoms with van der Waals surface area (Å²) in [6, 6.07) is 8.68. The van der Waals surface area contributed by atoms with Crippen molar-refractivity contribution in [1.82, 2.24) is 15.1 Å². The number of anilines is 1. The number of nitrogens with zero attached hydrogens (tertiary/aromatic N) is 3. The molecule has 1 aromatic rings. The largest absolute Gasteiger partial charge is 0.369 e. The molecule has 1 N–H and O–H groups in total. The molecule has 2 aliphatic rings. The number of hydrogen-bond donors (Lipinski definition) is 1. The molecule has 6 nitrogen and oxygen atoms in total. The zero-order valence-corrected chi connectivity index (χ0v) is 19.1. The molecule has 0 spiro atoms. The Morgan fingerprint density at radius 2 is 1.70 bits per heavy atom. The first-order chi connectivity index (χ1) is 14.2. The van der Waals surface area contributed by atoms with Crippen LogP contribution in [0.25, 0.3) is 0 Å². The maximum atomic E-state index is 12.5. The minimum absolute atomic E-state index is 0.0344. The van der Waals surface area contributed by atoms with E-state index in [2.05, 4.69) is 46.3 Å². The van der Waals surface area contributed by atoms with Crippen molar-refractivity contribution in [2.24, 2.45) is 11.3 Å². The number of piperazine rings is 1. The topological polar surface area (TPSA) is 55.9 Å². The van der Waals surface area contributed by atoms with Gasteiger partial charge in [0.25, 0.3) is 0 Å². The van der Waals surface area contributed by atoms with E-state index in [0.29, 0.717) is 19.6 Å². The van der Waals surface area contributed by atoms with Gasteiger partial charge in [0.1, 0.15) is 0 Å². The molecule has 2 aliphatic heterocycles. The molecule has 0 radical (unpaired) electrons. The van der Waals surface area contributed by atoms with Gasteiger partial charge >= 0.3 is 0 Å². The lowest BCUT2D eigenvalue weighted by Gasteiger charge is -2.36. The minimum atomic E-state index is -0.349. The van der Waals surface area contributed by atoms with Crippen LogP contribution in [0.3, 0.4) is 0 Å². The molecular weight excluding hydrogens is 376 g/mol. The maximum Gasteiger partial charge on any atom is 0.227 e.